The summed E-state index contributed by atoms with van der Waals surface area (Å²) in [6, 6.07) is 11.1. The van der Waals surface area contributed by atoms with E-state index in [1.165, 1.54) is 4.88 Å². The molecule has 2 N–H and O–H groups in total. The second kappa shape index (κ2) is 11.5. The fraction of sp³-hybridized carbons (Fsp3) is 0.429. The number of nitrogens with one attached hydrogen (secondary N) is 2. The number of rotatable bonds is 11. The van der Waals surface area contributed by atoms with Crippen molar-refractivity contribution in [3.8, 4) is 5.75 Å². The van der Waals surface area contributed by atoms with Crippen LogP contribution in [-0.2, 0) is 4.79 Å². The van der Waals surface area contributed by atoms with Crippen LogP contribution < -0.4 is 15.4 Å². The van der Waals surface area contributed by atoms with Gasteiger partial charge in [-0.1, -0.05) is 19.4 Å². The van der Waals surface area contributed by atoms with Crippen LogP contribution in [-0.4, -0.2) is 50.5 Å². The van der Waals surface area contributed by atoms with E-state index in [1.807, 2.05) is 25.5 Å². The van der Waals surface area contributed by atoms with Gasteiger partial charge in [0, 0.05) is 17.0 Å². The lowest BCUT2D eigenvalue weighted by Crippen LogP contribution is -2.40. The van der Waals surface area contributed by atoms with E-state index in [0.29, 0.717) is 18.7 Å². The number of unbranched alkanes of at least 4 members (excludes halogenated alkanes) is 1. The Morgan fingerprint density at radius 2 is 1.89 bits per heavy atom. The van der Waals surface area contributed by atoms with E-state index in [-0.39, 0.29) is 24.4 Å². The molecule has 0 aliphatic heterocycles. The standard InChI is InChI=1S/C21H29N3O3S/c1-4-5-12-27-17-10-8-16(9-11-17)21(26)23-15-20(25)22-14-18(24(2)3)19-7-6-13-28-19/h6-11,13,18H,4-5,12,14-15H2,1-3H3,(H,22,25)(H,23,26)/t18-/m1/s1. The number of nitrogens with zero attached hydrogens (tertiary/aromatic N) is 1. The third-order valence-electron chi connectivity index (χ3n) is 4.28. The average Bonchev–Trinajstić information content (AvgIpc) is 3.21. The summed E-state index contributed by atoms with van der Waals surface area (Å²) >= 11 is 1.66. The van der Waals surface area contributed by atoms with Crippen LogP contribution in [0.5, 0.6) is 5.75 Å². The van der Waals surface area contributed by atoms with E-state index >= 15 is 0 Å². The van der Waals surface area contributed by atoms with Gasteiger partial charge in [0.25, 0.3) is 5.91 Å². The first-order chi connectivity index (χ1) is 13.5. The van der Waals surface area contributed by atoms with Crippen molar-refractivity contribution < 1.29 is 14.3 Å². The molecule has 28 heavy (non-hydrogen) atoms. The van der Waals surface area contributed by atoms with Gasteiger partial charge >= 0.3 is 0 Å². The Bertz CT molecular complexity index is 730. The maximum Gasteiger partial charge on any atom is 0.251 e. The van der Waals surface area contributed by atoms with E-state index < -0.39 is 0 Å². The minimum atomic E-state index is -0.280. The fourth-order valence-corrected chi connectivity index (χ4v) is 3.51. The molecule has 0 spiro atoms. The Morgan fingerprint density at radius 3 is 2.50 bits per heavy atom. The highest BCUT2D eigenvalue weighted by atomic mass is 32.1. The Morgan fingerprint density at radius 1 is 1.14 bits per heavy atom. The van der Waals surface area contributed by atoms with Gasteiger partial charge in [-0.2, -0.15) is 0 Å². The summed E-state index contributed by atoms with van der Waals surface area (Å²) in [5.41, 5.74) is 0.500. The number of hydrogen-bond donors (Lipinski definition) is 2. The summed E-state index contributed by atoms with van der Waals surface area (Å²) in [4.78, 5) is 27.6. The number of hydrogen-bond acceptors (Lipinski definition) is 5. The van der Waals surface area contributed by atoms with Gasteiger partial charge in [-0.05, 0) is 56.2 Å². The van der Waals surface area contributed by atoms with Crippen LogP contribution in [0.2, 0.25) is 0 Å². The Balaban J connectivity index is 1.76. The summed E-state index contributed by atoms with van der Waals surface area (Å²) in [5, 5.41) is 7.57. The molecular formula is C21H29N3O3S. The predicted octanol–water partition coefficient (Wildman–Crippen LogP) is 3.08. The first-order valence-electron chi connectivity index (χ1n) is 9.48. The molecule has 2 amide bonds. The quantitative estimate of drug-likeness (QED) is 0.566. The van der Waals surface area contributed by atoms with Gasteiger partial charge in [0.05, 0.1) is 19.2 Å². The van der Waals surface area contributed by atoms with Crippen molar-refractivity contribution in [3.05, 3.63) is 52.2 Å². The molecule has 0 radical (unpaired) electrons. The van der Waals surface area contributed by atoms with Crippen LogP contribution in [0.15, 0.2) is 41.8 Å². The number of thiophene rings is 1. The first-order valence-corrected chi connectivity index (χ1v) is 10.4. The van der Waals surface area contributed by atoms with Crippen LogP contribution in [0, 0.1) is 0 Å². The number of benzene rings is 1. The van der Waals surface area contributed by atoms with Crippen LogP contribution in [0.1, 0.15) is 41.0 Å². The first kappa shape index (κ1) is 21.9. The van der Waals surface area contributed by atoms with Crippen LogP contribution >= 0.6 is 11.3 Å². The summed E-state index contributed by atoms with van der Waals surface area (Å²) in [6.07, 6.45) is 2.07. The third-order valence-corrected chi connectivity index (χ3v) is 5.25. The van der Waals surface area contributed by atoms with E-state index in [9.17, 15) is 9.59 Å². The molecule has 6 nitrogen and oxygen atoms in total. The molecule has 1 heterocycles. The average molecular weight is 404 g/mol. The van der Waals surface area contributed by atoms with E-state index in [4.69, 9.17) is 4.74 Å². The number of carbonyl (C=O) groups is 2. The van der Waals surface area contributed by atoms with Crippen LogP contribution in [0.4, 0.5) is 0 Å². The lowest BCUT2D eigenvalue weighted by Gasteiger charge is -2.23. The molecule has 0 bridgehead atoms. The maximum atomic E-state index is 12.2. The van der Waals surface area contributed by atoms with Crippen molar-refractivity contribution in [1.29, 1.82) is 0 Å². The topological polar surface area (TPSA) is 70.7 Å². The molecule has 0 unspecified atom stereocenters. The highest BCUT2D eigenvalue weighted by molar-refractivity contribution is 7.10. The van der Waals surface area contributed by atoms with Gasteiger partial charge in [0.1, 0.15) is 5.75 Å². The molecule has 0 aliphatic carbocycles. The second-order valence-electron chi connectivity index (χ2n) is 6.71. The van der Waals surface area contributed by atoms with Crippen molar-refractivity contribution >= 4 is 23.2 Å². The highest BCUT2D eigenvalue weighted by Gasteiger charge is 2.16. The largest absolute Gasteiger partial charge is 0.494 e. The monoisotopic (exact) mass is 403 g/mol. The van der Waals surface area contributed by atoms with Crippen molar-refractivity contribution in [3.63, 3.8) is 0 Å². The third kappa shape index (κ3) is 6.98. The van der Waals surface area contributed by atoms with Gasteiger partial charge in [0.2, 0.25) is 5.91 Å². The molecule has 0 fully saturated rings. The zero-order valence-electron chi connectivity index (χ0n) is 16.7. The summed E-state index contributed by atoms with van der Waals surface area (Å²) in [6.45, 7) is 3.21. The van der Waals surface area contributed by atoms with Gasteiger partial charge in [0.15, 0.2) is 0 Å². The molecule has 152 valence electrons. The van der Waals surface area contributed by atoms with Crippen molar-refractivity contribution in [2.75, 3.05) is 33.8 Å². The van der Waals surface area contributed by atoms with Crippen LogP contribution in [0.3, 0.4) is 0 Å². The normalized spacial score (nSPS) is 11.9. The summed E-state index contributed by atoms with van der Waals surface area (Å²) in [5.74, 6) is 0.250. The van der Waals surface area contributed by atoms with Gasteiger partial charge in [-0.3, -0.25) is 9.59 Å². The van der Waals surface area contributed by atoms with Crippen molar-refractivity contribution in [1.82, 2.24) is 15.5 Å². The Labute approximate surface area is 170 Å². The summed E-state index contributed by atoms with van der Waals surface area (Å²) < 4.78 is 5.58. The van der Waals surface area contributed by atoms with E-state index in [1.54, 1.807) is 35.6 Å². The number of likely N-dealkylation sites (N-methyl/N-ethyl adjacent to an activating group) is 1. The molecule has 2 aromatic rings. The minimum Gasteiger partial charge on any atom is -0.494 e. The van der Waals surface area contributed by atoms with E-state index in [2.05, 4.69) is 28.5 Å². The SMILES string of the molecule is CCCCOc1ccc(C(=O)NCC(=O)NC[C@H](c2cccs2)N(C)C)cc1. The second-order valence-corrected chi connectivity index (χ2v) is 7.69. The molecule has 1 atom stereocenters. The van der Waals surface area contributed by atoms with Gasteiger partial charge in [-0.25, -0.2) is 0 Å². The van der Waals surface area contributed by atoms with Gasteiger partial charge < -0.3 is 20.3 Å². The molecule has 0 saturated carbocycles. The molecule has 1 aromatic heterocycles. The molecule has 0 saturated heterocycles. The number of ether oxygens (including phenoxy) is 1. The predicted molar refractivity (Wildman–Crippen MR) is 113 cm³/mol. The van der Waals surface area contributed by atoms with Gasteiger partial charge in [-0.15, -0.1) is 11.3 Å². The molecule has 7 heteroatoms. The number of carbonyl (C=O) groups excluding carboxylic acids is 2. The highest BCUT2D eigenvalue weighted by Crippen LogP contribution is 2.22. The maximum absolute atomic E-state index is 12.2. The molecule has 1 aromatic carbocycles. The minimum absolute atomic E-state index is 0.0574. The zero-order valence-corrected chi connectivity index (χ0v) is 17.6. The number of amides is 2. The van der Waals surface area contributed by atoms with Crippen LogP contribution in [0.25, 0.3) is 0 Å². The zero-order chi connectivity index (χ0) is 20.4. The molecular weight excluding hydrogens is 374 g/mol. The smallest absolute Gasteiger partial charge is 0.251 e. The lowest BCUT2D eigenvalue weighted by molar-refractivity contribution is -0.120. The Hall–Kier alpha value is -2.38. The lowest BCUT2D eigenvalue weighted by atomic mass is 10.2. The van der Waals surface area contributed by atoms with Crippen molar-refractivity contribution in [2.24, 2.45) is 0 Å². The Kier molecular flexibility index (Phi) is 8.97. The molecule has 2 rings (SSSR count). The van der Waals surface area contributed by atoms with E-state index in [0.717, 1.165) is 18.6 Å². The van der Waals surface area contributed by atoms with Crippen molar-refractivity contribution in [2.45, 2.75) is 25.8 Å². The fourth-order valence-electron chi connectivity index (χ4n) is 2.59. The molecule has 0 aliphatic rings. The summed E-state index contributed by atoms with van der Waals surface area (Å²) in [7, 11) is 3.96.